The van der Waals surface area contributed by atoms with Gasteiger partial charge in [0.05, 0.1) is 5.56 Å². The second kappa shape index (κ2) is 12.0. The first-order valence-corrected chi connectivity index (χ1v) is 11.8. The smallest absolute Gasteiger partial charge is 0.416 e. The van der Waals surface area contributed by atoms with Crippen LogP contribution in [0.15, 0.2) is 48.5 Å². The van der Waals surface area contributed by atoms with Crippen molar-refractivity contribution in [2.75, 3.05) is 31.1 Å². The number of likely N-dealkylation sites (tertiary alicyclic amines) is 1. The Hall–Kier alpha value is -3.40. The van der Waals surface area contributed by atoms with Gasteiger partial charge in [-0.15, -0.1) is 0 Å². The van der Waals surface area contributed by atoms with Gasteiger partial charge in [0.15, 0.2) is 0 Å². The normalized spacial score (nSPS) is 18.5. The molecule has 1 amide bonds. The van der Waals surface area contributed by atoms with Crippen molar-refractivity contribution in [2.24, 2.45) is 0 Å². The molecule has 0 bridgehead atoms. The first kappa shape index (κ1) is 27.2. The quantitative estimate of drug-likeness (QED) is 0.583. The van der Waals surface area contributed by atoms with E-state index in [1.165, 1.54) is 12.1 Å². The Labute approximate surface area is 207 Å². The fraction of sp³-hybridized carbons (Fsp3) is 0.423. The number of carboxylic acid groups (broad SMARTS) is 2. The van der Waals surface area contributed by atoms with Crippen LogP contribution in [-0.2, 0) is 27.0 Å². The predicted molar refractivity (Wildman–Crippen MR) is 127 cm³/mol. The fourth-order valence-electron chi connectivity index (χ4n) is 4.60. The van der Waals surface area contributed by atoms with Crippen LogP contribution < -0.4 is 4.90 Å². The second-order valence-corrected chi connectivity index (χ2v) is 8.90. The number of carbonyl (C=O) groups is 3. The highest BCUT2D eigenvalue weighted by Crippen LogP contribution is 2.34. The number of halogens is 3. The van der Waals surface area contributed by atoms with Crippen LogP contribution >= 0.6 is 0 Å². The summed E-state index contributed by atoms with van der Waals surface area (Å²) in [6.07, 6.45) is -0.00106. The first-order chi connectivity index (χ1) is 17.1. The average Bonchev–Trinajstić information content (AvgIpc) is 3.32. The zero-order valence-electron chi connectivity index (χ0n) is 19.7. The highest BCUT2D eigenvalue weighted by atomic mass is 19.4. The van der Waals surface area contributed by atoms with Crippen molar-refractivity contribution in [3.8, 4) is 0 Å². The molecular weight excluding hydrogens is 477 g/mol. The molecule has 2 aromatic rings. The molecule has 2 aromatic carbocycles. The number of piperidine rings is 1. The highest BCUT2D eigenvalue weighted by molar-refractivity contribution is 6.27. The number of hydrogen-bond acceptors (Lipinski definition) is 4. The molecule has 2 heterocycles. The number of anilines is 1. The zero-order chi connectivity index (χ0) is 26.3. The Morgan fingerprint density at radius 2 is 1.69 bits per heavy atom. The third-order valence-electron chi connectivity index (χ3n) is 6.44. The van der Waals surface area contributed by atoms with E-state index in [1.807, 2.05) is 23.1 Å². The Balaban J connectivity index is 0.000000538. The largest absolute Gasteiger partial charge is 0.473 e. The van der Waals surface area contributed by atoms with Gasteiger partial charge in [0.1, 0.15) is 0 Å². The molecule has 10 heteroatoms. The number of alkyl halides is 3. The van der Waals surface area contributed by atoms with E-state index in [0.29, 0.717) is 6.42 Å². The molecule has 7 nitrogen and oxygen atoms in total. The van der Waals surface area contributed by atoms with Crippen LogP contribution in [0.4, 0.5) is 18.9 Å². The maximum Gasteiger partial charge on any atom is 0.416 e. The number of hydrogen-bond donors (Lipinski definition) is 2. The monoisotopic (exact) mass is 506 g/mol. The molecule has 2 fully saturated rings. The molecule has 2 saturated heterocycles. The van der Waals surface area contributed by atoms with Crippen LogP contribution in [0.3, 0.4) is 0 Å². The summed E-state index contributed by atoms with van der Waals surface area (Å²) in [4.78, 5) is 34.8. The van der Waals surface area contributed by atoms with Gasteiger partial charge < -0.3 is 20.0 Å². The molecule has 0 aliphatic carbocycles. The summed E-state index contributed by atoms with van der Waals surface area (Å²) in [6.45, 7) is 3.27. The summed E-state index contributed by atoms with van der Waals surface area (Å²) in [7, 11) is 0. The van der Waals surface area contributed by atoms with E-state index in [2.05, 4.69) is 11.0 Å². The van der Waals surface area contributed by atoms with Gasteiger partial charge >= 0.3 is 18.1 Å². The predicted octanol–water partition coefficient (Wildman–Crippen LogP) is 4.41. The Morgan fingerprint density at radius 1 is 0.972 bits per heavy atom. The molecule has 1 unspecified atom stereocenters. The van der Waals surface area contributed by atoms with Crippen molar-refractivity contribution in [1.29, 1.82) is 0 Å². The first-order valence-electron chi connectivity index (χ1n) is 11.8. The van der Waals surface area contributed by atoms with Crippen molar-refractivity contribution < 1.29 is 37.8 Å². The lowest BCUT2D eigenvalue weighted by atomic mass is 9.96. The number of benzene rings is 2. The molecule has 0 spiro atoms. The summed E-state index contributed by atoms with van der Waals surface area (Å²) in [5.41, 5.74) is 2.37. The number of amides is 1. The minimum absolute atomic E-state index is 0.131. The zero-order valence-corrected chi connectivity index (χ0v) is 19.7. The lowest BCUT2D eigenvalue weighted by Crippen LogP contribution is -2.36. The van der Waals surface area contributed by atoms with Crippen LogP contribution in [-0.4, -0.2) is 59.1 Å². The summed E-state index contributed by atoms with van der Waals surface area (Å²) in [6, 6.07) is 13.8. The van der Waals surface area contributed by atoms with Gasteiger partial charge in [-0.25, -0.2) is 9.59 Å². The number of nitrogens with zero attached hydrogens (tertiary/aromatic N) is 2. The third-order valence-corrected chi connectivity index (χ3v) is 6.44. The summed E-state index contributed by atoms with van der Waals surface area (Å²) in [5.74, 6) is -3.32. The molecule has 0 aromatic heterocycles. The van der Waals surface area contributed by atoms with Gasteiger partial charge in [-0.3, -0.25) is 4.79 Å². The van der Waals surface area contributed by atoms with Gasteiger partial charge in [-0.05, 0) is 61.4 Å². The van der Waals surface area contributed by atoms with E-state index >= 15 is 0 Å². The van der Waals surface area contributed by atoms with Crippen molar-refractivity contribution in [2.45, 2.75) is 44.2 Å². The maximum absolute atomic E-state index is 13.0. The van der Waals surface area contributed by atoms with Gasteiger partial charge in [0.25, 0.3) is 0 Å². The van der Waals surface area contributed by atoms with E-state index in [9.17, 15) is 18.0 Å². The summed E-state index contributed by atoms with van der Waals surface area (Å²) < 4.78 is 39.1. The number of carboxylic acids is 2. The summed E-state index contributed by atoms with van der Waals surface area (Å²) >= 11 is 0. The van der Waals surface area contributed by atoms with Crippen LogP contribution in [0.2, 0.25) is 0 Å². The molecule has 194 valence electrons. The number of para-hydroxylation sites is 1. The Morgan fingerprint density at radius 3 is 2.36 bits per heavy atom. The van der Waals surface area contributed by atoms with Crippen molar-refractivity contribution in [3.63, 3.8) is 0 Å². The molecule has 0 radical (unpaired) electrons. The van der Waals surface area contributed by atoms with Crippen LogP contribution in [0.1, 0.15) is 48.3 Å². The van der Waals surface area contributed by atoms with Crippen molar-refractivity contribution in [1.82, 2.24) is 4.90 Å². The molecular formula is C26H29F3N2O5. The Kier molecular flexibility index (Phi) is 9.08. The molecule has 2 N–H and O–H groups in total. The number of rotatable bonds is 5. The van der Waals surface area contributed by atoms with Crippen molar-refractivity contribution in [3.05, 3.63) is 65.2 Å². The topological polar surface area (TPSA) is 98.1 Å². The van der Waals surface area contributed by atoms with Gasteiger partial charge in [-0.2, -0.15) is 13.2 Å². The average molecular weight is 507 g/mol. The molecule has 36 heavy (non-hydrogen) atoms. The van der Waals surface area contributed by atoms with E-state index in [0.717, 1.165) is 74.7 Å². The minimum atomic E-state index is -4.30. The molecule has 2 aliphatic heterocycles. The standard InChI is InChI=1S/C24H27F3N2O.C2H2O4/c25-24(26,27)21-8-5-7-19(16-21)20-12-15-28(17-20)14-11-18-6-1-2-9-22(18)29-13-4-3-10-23(29)30;3-1(4)2(5)6/h1-2,5-9,16,20H,3-4,10-15,17H2;(H,3,4)(H,5,6). The van der Waals surface area contributed by atoms with Crippen molar-refractivity contribution >= 4 is 23.5 Å². The Bertz CT molecular complexity index is 1080. The van der Waals surface area contributed by atoms with Gasteiger partial charge in [-0.1, -0.05) is 36.4 Å². The van der Waals surface area contributed by atoms with Crippen LogP contribution in [0, 0.1) is 0 Å². The maximum atomic E-state index is 13.0. The van der Waals surface area contributed by atoms with E-state index in [1.54, 1.807) is 6.07 Å². The number of aliphatic carboxylic acids is 2. The molecule has 0 saturated carbocycles. The summed E-state index contributed by atoms with van der Waals surface area (Å²) in [5, 5.41) is 14.8. The minimum Gasteiger partial charge on any atom is -0.473 e. The molecule has 4 rings (SSSR count). The second-order valence-electron chi connectivity index (χ2n) is 8.90. The SMILES string of the molecule is O=C(O)C(=O)O.O=C1CCCCN1c1ccccc1CCN1CCC(c2cccc(C(F)(F)F)c2)C1. The van der Waals surface area contributed by atoms with Crippen LogP contribution in [0.5, 0.6) is 0 Å². The van der Waals surface area contributed by atoms with Gasteiger partial charge in [0, 0.05) is 31.7 Å². The highest BCUT2D eigenvalue weighted by Gasteiger charge is 2.32. The fourth-order valence-corrected chi connectivity index (χ4v) is 4.60. The van der Waals surface area contributed by atoms with E-state index in [4.69, 9.17) is 19.8 Å². The van der Waals surface area contributed by atoms with E-state index in [-0.39, 0.29) is 11.8 Å². The molecule has 2 aliphatic rings. The molecule has 1 atom stereocenters. The van der Waals surface area contributed by atoms with Gasteiger partial charge in [0.2, 0.25) is 5.91 Å². The van der Waals surface area contributed by atoms with Crippen LogP contribution in [0.25, 0.3) is 0 Å². The van der Waals surface area contributed by atoms with E-state index < -0.39 is 23.7 Å². The number of carbonyl (C=O) groups excluding carboxylic acids is 1. The lowest BCUT2D eigenvalue weighted by Gasteiger charge is -2.29. The lowest BCUT2D eigenvalue weighted by molar-refractivity contribution is -0.159. The third kappa shape index (κ3) is 7.30.